The largest absolute Gasteiger partial charge is 0.492 e. The van der Waals surface area contributed by atoms with Crippen molar-refractivity contribution in [3.8, 4) is 5.75 Å². The van der Waals surface area contributed by atoms with Gasteiger partial charge in [0.05, 0.1) is 11.5 Å². The van der Waals surface area contributed by atoms with E-state index in [0.29, 0.717) is 17.7 Å². The number of hydrogen-bond acceptors (Lipinski definition) is 4. The van der Waals surface area contributed by atoms with Crippen molar-refractivity contribution in [2.45, 2.75) is 12.3 Å². The number of thioether (sulfide) groups is 1. The van der Waals surface area contributed by atoms with Crippen LogP contribution >= 0.6 is 27.7 Å². The standard InChI is InChI=1S/C11H14BrNO3S/c1-2-17-6-5-16-11-4-3-10(13(14)15)7-9(11)8-12/h3-4,7H,2,5-6,8H2,1H3. The number of rotatable bonds is 7. The number of hydrogen-bond donors (Lipinski definition) is 0. The molecule has 94 valence electrons. The van der Waals surface area contributed by atoms with Crippen molar-refractivity contribution in [1.82, 2.24) is 0 Å². The average molecular weight is 320 g/mol. The van der Waals surface area contributed by atoms with Gasteiger partial charge < -0.3 is 4.74 Å². The summed E-state index contributed by atoms with van der Waals surface area (Å²) in [5.74, 6) is 2.70. The molecule has 0 saturated carbocycles. The SMILES string of the molecule is CCSCCOc1ccc([N+](=O)[O-])cc1CBr. The summed E-state index contributed by atoms with van der Waals surface area (Å²) < 4.78 is 5.59. The maximum Gasteiger partial charge on any atom is 0.270 e. The molecule has 0 aromatic heterocycles. The molecule has 0 heterocycles. The fraction of sp³-hybridized carbons (Fsp3) is 0.455. The predicted octanol–water partition coefficient (Wildman–Crippen LogP) is 3.62. The van der Waals surface area contributed by atoms with Crippen LogP contribution in [0.2, 0.25) is 0 Å². The summed E-state index contributed by atoms with van der Waals surface area (Å²) in [5.41, 5.74) is 0.899. The lowest BCUT2D eigenvalue weighted by Crippen LogP contribution is -2.02. The van der Waals surface area contributed by atoms with Crippen LogP contribution < -0.4 is 4.74 Å². The molecule has 0 atom stereocenters. The van der Waals surface area contributed by atoms with Gasteiger partial charge >= 0.3 is 0 Å². The average Bonchev–Trinajstić information content (AvgIpc) is 2.34. The van der Waals surface area contributed by atoms with Crippen LogP contribution in [0.15, 0.2) is 18.2 Å². The highest BCUT2D eigenvalue weighted by Gasteiger charge is 2.10. The zero-order valence-electron chi connectivity index (χ0n) is 9.52. The first-order valence-electron chi connectivity index (χ1n) is 5.22. The van der Waals surface area contributed by atoms with Gasteiger partial charge in [0.25, 0.3) is 5.69 Å². The molecule has 1 aromatic carbocycles. The van der Waals surface area contributed by atoms with Crippen LogP contribution in [0.1, 0.15) is 12.5 Å². The molecule has 4 nitrogen and oxygen atoms in total. The van der Waals surface area contributed by atoms with E-state index in [1.807, 2.05) is 0 Å². The molecule has 0 amide bonds. The van der Waals surface area contributed by atoms with Crippen LogP contribution in [0.4, 0.5) is 5.69 Å². The fourth-order valence-corrected chi connectivity index (χ4v) is 2.21. The smallest absolute Gasteiger partial charge is 0.270 e. The quantitative estimate of drug-likeness (QED) is 0.333. The fourth-order valence-electron chi connectivity index (χ4n) is 1.28. The first-order chi connectivity index (χ1) is 8.19. The van der Waals surface area contributed by atoms with Crippen LogP contribution in [0.5, 0.6) is 5.75 Å². The monoisotopic (exact) mass is 319 g/mol. The molecule has 0 aliphatic rings. The molecule has 0 fully saturated rings. The van der Waals surface area contributed by atoms with Crippen molar-refractivity contribution in [1.29, 1.82) is 0 Å². The van der Waals surface area contributed by atoms with Gasteiger partial charge in [0.15, 0.2) is 0 Å². The highest BCUT2D eigenvalue weighted by atomic mass is 79.9. The molecule has 1 aromatic rings. The van der Waals surface area contributed by atoms with Gasteiger partial charge in [-0.1, -0.05) is 22.9 Å². The normalized spacial score (nSPS) is 10.2. The van der Waals surface area contributed by atoms with Crippen molar-refractivity contribution in [3.05, 3.63) is 33.9 Å². The summed E-state index contributed by atoms with van der Waals surface area (Å²) >= 11 is 5.11. The molecule has 0 unspecified atom stereocenters. The number of alkyl halides is 1. The van der Waals surface area contributed by atoms with Crippen LogP contribution in [0.3, 0.4) is 0 Å². The zero-order valence-corrected chi connectivity index (χ0v) is 11.9. The number of ether oxygens (including phenoxy) is 1. The molecule has 0 spiro atoms. The van der Waals surface area contributed by atoms with Gasteiger partial charge in [-0.05, 0) is 11.8 Å². The van der Waals surface area contributed by atoms with Crippen molar-refractivity contribution >= 4 is 33.4 Å². The minimum absolute atomic E-state index is 0.0923. The first-order valence-corrected chi connectivity index (χ1v) is 7.50. The van der Waals surface area contributed by atoms with Crippen molar-refractivity contribution in [3.63, 3.8) is 0 Å². The van der Waals surface area contributed by atoms with Gasteiger partial charge in [0.1, 0.15) is 5.75 Å². The molecule has 0 radical (unpaired) electrons. The lowest BCUT2D eigenvalue weighted by Gasteiger charge is -2.09. The van der Waals surface area contributed by atoms with Crippen LogP contribution in [-0.4, -0.2) is 23.0 Å². The van der Waals surface area contributed by atoms with Gasteiger partial charge in [-0.15, -0.1) is 0 Å². The first kappa shape index (κ1) is 14.3. The van der Waals surface area contributed by atoms with Gasteiger partial charge in [0.2, 0.25) is 0 Å². The number of nitrogens with zero attached hydrogens (tertiary/aromatic N) is 1. The Kier molecular flexibility index (Phi) is 6.36. The molecule has 0 aliphatic heterocycles. The summed E-state index contributed by atoms with van der Waals surface area (Å²) in [5, 5.41) is 11.2. The second-order valence-electron chi connectivity index (χ2n) is 3.23. The third kappa shape index (κ3) is 4.55. The zero-order chi connectivity index (χ0) is 12.7. The van der Waals surface area contributed by atoms with E-state index in [2.05, 4.69) is 22.9 Å². The molecular formula is C11H14BrNO3S. The van der Waals surface area contributed by atoms with E-state index in [1.165, 1.54) is 12.1 Å². The van der Waals surface area contributed by atoms with Gasteiger partial charge in [0, 0.05) is 28.8 Å². The minimum atomic E-state index is -0.400. The molecule has 6 heteroatoms. The third-order valence-electron chi connectivity index (χ3n) is 2.09. The van der Waals surface area contributed by atoms with E-state index in [0.717, 1.165) is 17.1 Å². The highest BCUT2D eigenvalue weighted by molar-refractivity contribution is 9.08. The van der Waals surface area contributed by atoms with Crippen LogP contribution in [0.25, 0.3) is 0 Å². The van der Waals surface area contributed by atoms with Crippen molar-refractivity contribution in [2.75, 3.05) is 18.1 Å². The molecule has 17 heavy (non-hydrogen) atoms. The Morgan fingerprint density at radius 1 is 1.53 bits per heavy atom. The molecule has 0 bridgehead atoms. The van der Waals surface area contributed by atoms with E-state index in [1.54, 1.807) is 17.8 Å². The van der Waals surface area contributed by atoms with Crippen LogP contribution in [-0.2, 0) is 5.33 Å². The maximum atomic E-state index is 10.6. The number of nitro groups is 1. The molecule has 0 saturated heterocycles. The summed E-state index contributed by atoms with van der Waals surface area (Å²) in [6.07, 6.45) is 0. The second-order valence-corrected chi connectivity index (χ2v) is 5.18. The number of halogens is 1. The summed E-state index contributed by atoms with van der Waals surface area (Å²) in [7, 11) is 0. The third-order valence-corrected chi connectivity index (χ3v) is 3.56. The Morgan fingerprint density at radius 3 is 2.88 bits per heavy atom. The van der Waals surface area contributed by atoms with E-state index >= 15 is 0 Å². The van der Waals surface area contributed by atoms with Gasteiger partial charge in [-0.2, -0.15) is 11.8 Å². The molecule has 0 aliphatic carbocycles. The van der Waals surface area contributed by atoms with E-state index in [4.69, 9.17) is 4.74 Å². The topological polar surface area (TPSA) is 52.4 Å². The Hall–Kier alpha value is -0.750. The summed E-state index contributed by atoms with van der Waals surface area (Å²) in [4.78, 5) is 10.2. The Bertz CT molecular complexity index is 387. The van der Waals surface area contributed by atoms with E-state index in [-0.39, 0.29) is 5.69 Å². The van der Waals surface area contributed by atoms with E-state index in [9.17, 15) is 10.1 Å². The predicted molar refractivity (Wildman–Crippen MR) is 74.2 cm³/mol. The molecular weight excluding hydrogens is 306 g/mol. The van der Waals surface area contributed by atoms with Gasteiger partial charge in [-0.3, -0.25) is 10.1 Å². The molecule has 0 N–H and O–H groups in total. The van der Waals surface area contributed by atoms with E-state index < -0.39 is 4.92 Å². The number of benzene rings is 1. The Balaban J connectivity index is 2.68. The van der Waals surface area contributed by atoms with Gasteiger partial charge in [-0.25, -0.2) is 0 Å². The number of non-ortho nitro benzene ring substituents is 1. The number of nitro benzene ring substituents is 1. The second kappa shape index (κ2) is 7.55. The summed E-state index contributed by atoms with van der Waals surface area (Å²) in [6.45, 7) is 2.72. The van der Waals surface area contributed by atoms with Crippen molar-refractivity contribution in [2.24, 2.45) is 0 Å². The minimum Gasteiger partial charge on any atom is -0.492 e. The van der Waals surface area contributed by atoms with Crippen LogP contribution in [0, 0.1) is 10.1 Å². The lowest BCUT2D eigenvalue weighted by molar-refractivity contribution is -0.384. The maximum absolute atomic E-state index is 10.6. The highest BCUT2D eigenvalue weighted by Crippen LogP contribution is 2.26. The van der Waals surface area contributed by atoms with Crippen molar-refractivity contribution < 1.29 is 9.66 Å². The molecule has 1 rings (SSSR count). The summed E-state index contributed by atoms with van der Waals surface area (Å²) in [6, 6.07) is 4.66. The lowest BCUT2D eigenvalue weighted by atomic mass is 10.2. The Labute approximate surface area is 113 Å². The Morgan fingerprint density at radius 2 is 2.29 bits per heavy atom.